The Bertz CT molecular complexity index is 912. The van der Waals surface area contributed by atoms with E-state index in [1.165, 1.54) is 18.5 Å². The molecule has 3 N–H and O–H groups in total. The maximum Gasteiger partial charge on any atom is 0.416 e. The van der Waals surface area contributed by atoms with E-state index in [1.807, 2.05) is 6.92 Å². The molecule has 0 aliphatic carbocycles. The van der Waals surface area contributed by atoms with Gasteiger partial charge in [0, 0.05) is 17.1 Å². The zero-order chi connectivity index (χ0) is 18.0. The maximum atomic E-state index is 12.8. The normalized spacial score (nSPS) is 11.5. The molecule has 0 bridgehead atoms. The minimum atomic E-state index is -4.41. The van der Waals surface area contributed by atoms with Crippen LogP contribution in [0, 0.1) is 0 Å². The number of halogens is 3. The number of benzene rings is 2. The summed E-state index contributed by atoms with van der Waals surface area (Å²) in [5, 5.41) is 3.47. The lowest BCUT2D eigenvalue weighted by Gasteiger charge is -2.13. The molecule has 1 heterocycles. The number of alkyl halides is 3. The lowest BCUT2D eigenvalue weighted by atomic mass is 10.1. The van der Waals surface area contributed by atoms with E-state index < -0.39 is 11.7 Å². The SMILES string of the molecule is CCOc1cc2ncnc(Nc3cccc(C(F)(F)F)c3)c2cc1N. The summed E-state index contributed by atoms with van der Waals surface area (Å²) in [7, 11) is 0. The summed E-state index contributed by atoms with van der Waals surface area (Å²) in [4.78, 5) is 8.27. The number of rotatable bonds is 4. The molecule has 8 heteroatoms. The van der Waals surface area contributed by atoms with Gasteiger partial charge in [-0.15, -0.1) is 0 Å². The highest BCUT2D eigenvalue weighted by atomic mass is 19.4. The van der Waals surface area contributed by atoms with Crippen molar-refractivity contribution in [1.29, 1.82) is 0 Å². The number of aromatic nitrogens is 2. The summed E-state index contributed by atoms with van der Waals surface area (Å²) in [5.41, 5.74) is 6.45. The maximum absolute atomic E-state index is 12.8. The fourth-order valence-corrected chi connectivity index (χ4v) is 2.39. The van der Waals surface area contributed by atoms with Crippen molar-refractivity contribution in [1.82, 2.24) is 9.97 Å². The van der Waals surface area contributed by atoms with Gasteiger partial charge in [-0.1, -0.05) is 6.07 Å². The quantitative estimate of drug-likeness (QED) is 0.685. The zero-order valence-electron chi connectivity index (χ0n) is 13.3. The van der Waals surface area contributed by atoms with Gasteiger partial charge in [0.15, 0.2) is 0 Å². The van der Waals surface area contributed by atoms with Gasteiger partial charge in [0.2, 0.25) is 0 Å². The molecule has 1 aromatic heterocycles. The first-order chi connectivity index (χ1) is 11.9. The van der Waals surface area contributed by atoms with Crippen molar-refractivity contribution in [2.24, 2.45) is 0 Å². The van der Waals surface area contributed by atoms with Gasteiger partial charge in [0.1, 0.15) is 17.9 Å². The fourth-order valence-electron chi connectivity index (χ4n) is 2.39. The Kier molecular flexibility index (Phi) is 4.35. The molecule has 130 valence electrons. The number of nitrogens with one attached hydrogen (secondary N) is 1. The van der Waals surface area contributed by atoms with Crippen LogP contribution >= 0.6 is 0 Å². The number of hydrogen-bond donors (Lipinski definition) is 2. The number of fused-ring (bicyclic) bond motifs is 1. The highest BCUT2D eigenvalue weighted by molar-refractivity contribution is 5.94. The van der Waals surface area contributed by atoms with E-state index in [0.29, 0.717) is 34.8 Å². The monoisotopic (exact) mass is 348 g/mol. The van der Waals surface area contributed by atoms with E-state index in [1.54, 1.807) is 12.1 Å². The van der Waals surface area contributed by atoms with E-state index >= 15 is 0 Å². The molecule has 3 rings (SSSR count). The van der Waals surface area contributed by atoms with E-state index in [-0.39, 0.29) is 5.69 Å². The Balaban J connectivity index is 2.01. The van der Waals surface area contributed by atoms with Gasteiger partial charge in [-0.05, 0) is 31.2 Å². The summed E-state index contributed by atoms with van der Waals surface area (Å²) in [5.74, 6) is 0.859. The van der Waals surface area contributed by atoms with Gasteiger partial charge < -0.3 is 15.8 Å². The Morgan fingerprint density at radius 3 is 2.68 bits per heavy atom. The van der Waals surface area contributed by atoms with Crippen LogP contribution < -0.4 is 15.8 Å². The van der Waals surface area contributed by atoms with Gasteiger partial charge in [0.05, 0.1) is 23.4 Å². The third-order valence-corrected chi connectivity index (χ3v) is 3.52. The topological polar surface area (TPSA) is 73.1 Å². The molecule has 0 saturated heterocycles. The summed E-state index contributed by atoms with van der Waals surface area (Å²) in [6, 6.07) is 8.20. The van der Waals surface area contributed by atoms with Crippen LogP contribution in [-0.4, -0.2) is 16.6 Å². The van der Waals surface area contributed by atoms with E-state index in [2.05, 4.69) is 15.3 Å². The predicted molar refractivity (Wildman–Crippen MR) is 89.8 cm³/mol. The van der Waals surface area contributed by atoms with Crippen molar-refractivity contribution in [2.75, 3.05) is 17.7 Å². The van der Waals surface area contributed by atoms with E-state index in [0.717, 1.165) is 12.1 Å². The van der Waals surface area contributed by atoms with Crippen LogP contribution in [0.4, 0.5) is 30.4 Å². The Labute approximate surface area is 141 Å². The number of nitrogens with two attached hydrogens (primary N) is 1. The van der Waals surface area contributed by atoms with Gasteiger partial charge in [-0.2, -0.15) is 13.2 Å². The molecule has 0 aliphatic heterocycles. The first-order valence-electron chi connectivity index (χ1n) is 7.50. The second kappa shape index (κ2) is 6.46. The molecule has 0 radical (unpaired) electrons. The molecule has 0 saturated carbocycles. The standard InChI is InChI=1S/C17H15F3N4O/c1-2-25-15-8-14-12(7-13(15)21)16(23-9-22-14)24-11-5-3-4-10(6-11)17(18,19)20/h3-9H,2,21H2,1H3,(H,22,23,24). The van der Waals surface area contributed by atoms with Crippen LogP contribution in [0.15, 0.2) is 42.7 Å². The number of nitrogen functional groups attached to an aromatic ring is 1. The van der Waals surface area contributed by atoms with E-state index in [4.69, 9.17) is 10.5 Å². The molecule has 0 fully saturated rings. The first kappa shape index (κ1) is 16.8. The molecular formula is C17H15F3N4O. The molecule has 0 spiro atoms. The van der Waals surface area contributed by atoms with Gasteiger partial charge >= 0.3 is 6.18 Å². The zero-order valence-corrected chi connectivity index (χ0v) is 13.3. The van der Waals surface area contributed by atoms with Crippen molar-refractivity contribution < 1.29 is 17.9 Å². The van der Waals surface area contributed by atoms with Gasteiger partial charge in [-0.25, -0.2) is 9.97 Å². The first-order valence-corrected chi connectivity index (χ1v) is 7.50. The summed E-state index contributed by atoms with van der Waals surface area (Å²) >= 11 is 0. The second-order valence-electron chi connectivity index (χ2n) is 5.27. The molecule has 0 unspecified atom stereocenters. The minimum Gasteiger partial charge on any atom is -0.492 e. The molecule has 3 aromatic rings. The van der Waals surface area contributed by atoms with Crippen molar-refractivity contribution in [3.8, 4) is 5.75 Å². The highest BCUT2D eigenvalue weighted by Gasteiger charge is 2.30. The lowest BCUT2D eigenvalue weighted by molar-refractivity contribution is -0.137. The van der Waals surface area contributed by atoms with E-state index in [9.17, 15) is 13.2 Å². The average Bonchev–Trinajstić information content (AvgIpc) is 2.56. The highest BCUT2D eigenvalue weighted by Crippen LogP contribution is 2.33. The van der Waals surface area contributed by atoms with Crippen LogP contribution in [0.1, 0.15) is 12.5 Å². The van der Waals surface area contributed by atoms with Crippen molar-refractivity contribution in [3.05, 3.63) is 48.3 Å². The Morgan fingerprint density at radius 2 is 1.96 bits per heavy atom. The number of nitrogens with zero attached hydrogens (tertiary/aromatic N) is 2. The van der Waals surface area contributed by atoms with Crippen LogP contribution in [0.2, 0.25) is 0 Å². The molecule has 0 amide bonds. The van der Waals surface area contributed by atoms with Gasteiger partial charge in [0.25, 0.3) is 0 Å². The predicted octanol–water partition coefficient (Wildman–Crippen LogP) is 4.37. The Hall–Kier alpha value is -3.03. The van der Waals surface area contributed by atoms with Gasteiger partial charge in [-0.3, -0.25) is 0 Å². The third-order valence-electron chi connectivity index (χ3n) is 3.52. The summed E-state index contributed by atoms with van der Waals surface area (Å²) in [6.07, 6.45) is -3.09. The summed E-state index contributed by atoms with van der Waals surface area (Å²) in [6.45, 7) is 2.29. The van der Waals surface area contributed by atoms with Crippen molar-refractivity contribution in [3.63, 3.8) is 0 Å². The van der Waals surface area contributed by atoms with Crippen LogP contribution in [0.5, 0.6) is 5.75 Å². The molecule has 5 nitrogen and oxygen atoms in total. The lowest BCUT2D eigenvalue weighted by Crippen LogP contribution is -2.05. The van der Waals surface area contributed by atoms with Crippen molar-refractivity contribution >= 4 is 28.1 Å². The van der Waals surface area contributed by atoms with Crippen molar-refractivity contribution in [2.45, 2.75) is 13.1 Å². The third kappa shape index (κ3) is 3.57. The van der Waals surface area contributed by atoms with Crippen LogP contribution in [0.25, 0.3) is 10.9 Å². The molecule has 25 heavy (non-hydrogen) atoms. The molecule has 0 atom stereocenters. The number of hydrogen-bond acceptors (Lipinski definition) is 5. The second-order valence-corrected chi connectivity index (χ2v) is 5.27. The smallest absolute Gasteiger partial charge is 0.416 e. The summed E-state index contributed by atoms with van der Waals surface area (Å²) < 4.78 is 44.0. The number of anilines is 3. The minimum absolute atomic E-state index is 0.266. The molecule has 2 aromatic carbocycles. The van der Waals surface area contributed by atoms with Crippen LogP contribution in [-0.2, 0) is 6.18 Å². The largest absolute Gasteiger partial charge is 0.492 e. The molecule has 0 aliphatic rings. The average molecular weight is 348 g/mol. The number of ether oxygens (including phenoxy) is 1. The Morgan fingerprint density at radius 1 is 1.16 bits per heavy atom. The fraction of sp³-hybridized carbons (Fsp3) is 0.176. The van der Waals surface area contributed by atoms with Crippen LogP contribution in [0.3, 0.4) is 0 Å². The molecular weight excluding hydrogens is 333 g/mol.